The molecule has 0 heterocycles. The van der Waals surface area contributed by atoms with Crippen LogP contribution in [0.5, 0.6) is 5.75 Å². The third kappa shape index (κ3) is 2.81. The van der Waals surface area contributed by atoms with Crippen molar-refractivity contribution in [2.45, 2.75) is 39.0 Å². The van der Waals surface area contributed by atoms with Gasteiger partial charge in [-0.15, -0.1) is 0 Å². The monoisotopic (exact) mass is 244 g/mol. The summed E-state index contributed by atoms with van der Waals surface area (Å²) in [6.45, 7) is 1.97. The molecule has 2 rings (SSSR count). The first-order valence-electron chi connectivity index (χ1n) is 6.61. The molecule has 0 aromatic heterocycles. The van der Waals surface area contributed by atoms with Crippen molar-refractivity contribution in [3.8, 4) is 5.75 Å². The summed E-state index contributed by atoms with van der Waals surface area (Å²) in [6.07, 6.45) is 7.65. The average molecular weight is 244 g/mol. The average Bonchev–Trinajstić information content (AvgIpc) is 2.66. The normalized spacial score (nSPS) is 15.8. The minimum atomic E-state index is 0.192. The predicted octanol–water partition coefficient (Wildman–Crippen LogP) is 4.08. The lowest BCUT2D eigenvalue weighted by atomic mass is 9.96. The van der Waals surface area contributed by atoms with Gasteiger partial charge < -0.3 is 4.74 Å². The van der Waals surface area contributed by atoms with Gasteiger partial charge in [-0.3, -0.25) is 4.79 Å². The van der Waals surface area contributed by atoms with E-state index in [4.69, 9.17) is 4.74 Å². The molecule has 0 spiro atoms. The molecule has 0 atom stereocenters. The minimum absolute atomic E-state index is 0.192. The van der Waals surface area contributed by atoms with Gasteiger partial charge in [-0.1, -0.05) is 12.5 Å². The molecule has 0 amide bonds. The molecule has 96 valence electrons. The number of benzene rings is 1. The molecule has 0 fully saturated rings. The van der Waals surface area contributed by atoms with Gasteiger partial charge in [0.2, 0.25) is 0 Å². The second-order valence-corrected chi connectivity index (χ2v) is 4.84. The van der Waals surface area contributed by atoms with Crippen molar-refractivity contribution in [3.63, 3.8) is 0 Å². The van der Waals surface area contributed by atoms with Crippen LogP contribution in [0.25, 0.3) is 0 Å². The summed E-state index contributed by atoms with van der Waals surface area (Å²) < 4.78 is 5.17. The van der Waals surface area contributed by atoms with Crippen LogP contribution in [0.4, 0.5) is 0 Å². The highest BCUT2D eigenvalue weighted by atomic mass is 16.5. The lowest BCUT2D eigenvalue weighted by molar-refractivity contribution is 0.103. The van der Waals surface area contributed by atoms with E-state index in [1.54, 1.807) is 7.11 Å². The predicted molar refractivity (Wildman–Crippen MR) is 73.2 cm³/mol. The summed E-state index contributed by atoms with van der Waals surface area (Å²) in [4.78, 5) is 12.5. The molecular formula is C16H20O2. The number of ketones is 1. The number of carbonyl (C=O) groups excluding carboxylic acids is 1. The van der Waals surface area contributed by atoms with E-state index in [0.29, 0.717) is 0 Å². The number of hydrogen-bond acceptors (Lipinski definition) is 2. The van der Waals surface area contributed by atoms with E-state index >= 15 is 0 Å². The second kappa shape index (κ2) is 5.85. The van der Waals surface area contributed by atoms with Crippen LogP contribution >= 0.6 is 0 Å². The Bertz CT molecular complexity index is 472. The fraction of sp³-hybridized carbons (Fsp3) is 0.438. The van der Waals surface area contributed by atoms with Crippen molar-refractivity contribution in [1.29, 1.82) is 0 Å². The van der Waals surface area contributed by atoms with E-state index in [2.05, 4.69) is 6.08 Å². The van der Waals surface area contributed by atoms with Gasteiger partial charge in [0.1, 0.15) is 5.75 Å². The Morgan fingerprint density at radius 2 is 2.06 bits per heavy atom. The summed E-state index contributed by atoms with van der Waals surface area (Å²) in [5.74, 6) is 0.996. The van der Waals surface area contributed by atoms with Crippen LogP contribution in [0.1, 0.15) is 48.0 Å². The third-order valence-electron chi connectivity index (χ3n) is 3.51. The number of rotatable bonds is 3. The van der Waals surface area contributed by atoms with Crippen LogP contribution in [-0.4, -0.2) is 12.9 Å². The van der Waals surface area contributed by atoms with Gasteiger partial charge in [-0.25, -0.2) is 0 Å². The largest absolute Gasteiger partial charge is 0.497 e. The number of allylic oxidation sites excluding steroid dienone is 2. The van der Waals surface area contributed by atoms with E-state index in [-0.39, 0.29) is 5.78 Å². The van der Waals surface area contributed by atoms with Crippen molar-refractivity contribution >= 4 is 5.78 Å². The summed E-state index contributed by atoms with van der Waals surface area (Å²) >= 11 is 0. The molecule has 1 aliphatic rings. The molecule has 0 unspecified atom stereocenters. The summed E-state index contributed by atoms with van der Waals surface area (Å²) in [5.41, 5.74) is 2.79. The standard InChI is InChI=1S/C16H20O2/c1-12-11-14(18-2)9-10-15(12)16(17)13-7-5-3-4-6-8-13/h7,9-11H,3-6,8H2,1-2H3. The Kier molecular flexibility index (Phi) is 4.19. The second-order valence-electron chi connectivity index (χ2n) is 4.84. The topological polar surface area (TPSA) is 26.3 Å². The SMILES string of the molecule is COc1ccc(C(=O)C2=CCCCCC2)c(C)c1. The van der Waals surface area contributed by atoms with Crippen LogP contribution in [0.3, 0.4) is 0 Å². The highest BCUT2D eigenvalue weighted by Crippen LogP contribution is 2.24. The zero-order chi connectivity index (χ0) is 13.0. The summed E-state index contributed by atoms with van der Waals surface area (Å²) in [6, 6.07) is 5.66. The van der Waals surface area contributed by atoms with Crippen molar-refractivity contribution in [2.24, 2.45) is 0 Å². The van der Waals surface area contributed by atoms with Gasteiger partial charge in [0.15, 0.2) is 5.78 Å². The molecule has 1 aliphatic carbocycles. The highest BCUT2D eigenvalue weighted by molar-refractivity contribution is 6.09. The first-order chi connectivity index (χ1) is 8.72. The van der Waals surface area contributed by atoms with Gasteiger partial charge in [-0.05, 0) is 61.9 Å². The maximum absolute atomic E-state index is 12.5. The Morgan fingerprint density at radius 3 is 2.78 bits per heavy atom. The maximum Gasteiger partial charge on any atom is 0.188 e. The molecule has 1 aromatic rings. The number of Topliss-reactive ketones (excluding diaryl/α,β-unsaturated/α-hetero) is 1. The Balaban J connectivity index is 2.25. The third-order valence-corrected chi connectivity index (χ3v) is 3.51. The highest BCUT2D eigenvalue weighted by Gasteiger charge is 2.15. The molecule has 0 bridgehead atoms. The molecule has 0 radical (unpaired) electrons. The van der Waals surface area contributed by atoms with Crippen LogP contribution in [0, 0.1) is 6.92 Å². The van der Waals surface area contributed by atoms with E-state index in [1.807, 2.05) is 25.1 Å². The molecule has 18 heavy (non-hydrogen) atoms. The van der Waals surface area contributed by atoms with Gasteiger partial charge in [0, 0.05) is 5.56 Å². The first kappa shape index (κ1) is 12.9. The molecule has 0 N–H and O–H groups in total. The Hall–Kier alpha value is -1.57. The minimum Gasteiger partial charge on any atom is -0.497 e. The van der Waals surface area contributed by atoms with Gasteiger partial charge >= 0.3 is 0 Å². The van der Waals surface area contributed by atoms with E-state index < -0.39 is 0 Å². The van der Waals surface area contributed by atoms with Crippen molar-refractivity contribution < 1.29 is 9.53 Å². The number of methoxy groups -OCH3 is 1. The van der Waals surface area contributed by atoms with Crippen LogP contribution < -0.4 is 4.74 Å². The summed E-state index contributed by atoms with van der Waals surface area (Å²) in [5, 5.41) is 0. The fourth-order valence-electron chi connectivity index (χ4n) is 2.41. The summed E-state index contributed by atoms with van der Waals surface area (Å²) in [7, 11) is 1.64. The molecule has 2 heteroatoms. The molecule has 1 aromatic carbocycles. The Morgan fingerprint density at radius 1 is 1.22 bits per heavy atom. The van der Waals surface area contributed by atoms with Gasteiger partial charge in [0.05, 0.1) is 7.11 Å². The number of ether oxygens (including phenoxy) is 1. The quantitative estimate of drug-likeness (QED) is 0.749. The molecule has 0 aliphatic heterocycles. The van der Waals surface area contributed by atoms with Crippen LogP contribution in [-0.2, 0) is 0 Å². The zero-order valence-electron chi connectivity index (χ0n) is 11.2. The van der Waals surface area contributed by atoms with Crippen molar-refractivity contribution in [2.75, 3.05) is 7.11 Å². The lowest BCUT2D eigenvalue weighted by Crippen LogP contribution is -2.05. The van der Waals surface area contributed by atoms with Crippen molar-refractivity contribution in [1.82, 2.24) is 0 Å². The maximum atomic E-state index is 12.5. The molecule has 0 saturated carbocycles. The molecule has 0 saturated heterocycles. The smallest absolute Gasteiger partial charge is 0.188 e. The Labute approximate surface area is 109 Å². The van der Waals surface area contributed by atoms with Gasteiger partial charge in [-0.2, -0.15) is 0 Å². The number of hydrogen-bond donors (Lipinski definition) is 0. The van der Waals surface area contributed by atoms with Crippen LogP contribution in [0.15, 0.2) is 29.8 Å². The lowest BCUT2D eigenvalue weighted by Gasteiger charge is -2.09. The molecule has 2 nitrogen and oxygen atoms in total. The first-order valence-corrected chi connectivity index (χ1v) is 6.61. The number of carbonyl (C=O) groups is 1. The fourth-order valence-corrected chi connectivity index (χ4v) is 2.41. The zero-order valence-corrected chi connectivity index (χ0v) is 11.2. The van der Waals surface area contributed by atoms with Crippen molar-refractivity contribution in [3.05, 3.63) is 41.0 Å². The van der Waals surface area contributed by atoms with E-state index in [1.165, 1.54) is 12.8 Å². The van der Waals surface area contributed by atoms with E-state index in [0.717, 1.165) is 41.7 Å². The van der Waals surface area contributed by atoms with E-state index in [9.17, 15) is 4.79 Å². The number of aryl methyl sites for hydroxylation is 1. The van der Waals surface area contributed by atoms with Crippen LogP contribution in [0.2, 0.25) is 0 Å². The molecular weight excluding hydrogens is 224 g/mol. The van der Waals surface area contributed by atoms with Gasteiger partial charge in [0.25, 0.3) is 0 Å².